The number of carboxylic acid groups (broad SMARTS) is 1. The molecule has 7 nitrogen and oxygen atoms in total. The zero-order valence-corrected chi connectivity index (χ0v) is 22.7. The summed E-state index contributed by atoms with van der Waals surface area (Å²) < 4.78 is 7.48. The first-order chi connectivity index (χ1) is 18.1. The molecule has 7 heteroatoms. The van der Waals surface area contributed by atoms with E-state index in [1.165, 1.54) is 72.8 Å². The fourth-order valence-electron chi connectivity index (χ4n) is 5.56. The van der Waals surface area contributed by atoms with E-state index >= 15 is 0 Å². The first-order valence-corrected chi connectivity index (χ1v) is 13.5. The molecule has 5 rings (SSSR count). The van der Waals surface area contributed by atoms with Gasteiger partial charge in [0.1, 0.15) is 5.82 Å². The summed E-state index contributed by atoms with van der Waals surface area (Å²) in [6, 6.07) is 13.2. The van der Waals surface area contributed by atoms with Crippen molar-refractivity contribution < 1.29 is 19.4 Å². The fraction of sp³-hybridized carbons (Fsp3) is 0.500. The summed E-state index contributed by atoms with van der Waals surface area (Å²) >= 11 is 0. The molecule has 1 aliphatic heterocycles. The van der Waals surface area contributed by atoms with E-state index in [9.17, 15) is 4.79 Å². The zero-order valence-electron chi connectivity index (χ0n) is 22.7. The minimum Gasteiger partial charge on any atom is -0.483 e. The molecule has 3 aromatic rings. The molecule has 1 N–H and O–H groups in total. The molecule has 0 saturated heterocycles. The van der Waals surface area contributed by atoms with E-state index in [4.69, 9.17) is 19.6 Å². The number of aryl methyl sites for hydroxylation is 3. The molecule has 0 bridgehead atoms. The van der Waals surface area contributed by atoms with Gasteiger partial charge in [-0.15, -0.1) is 0 Å². The zero-order chi connectivity index (χ0) is 26.8. The van der Waals surface area contributed by atoms with Crippen LogP contribution in [0.15, 0.2) is 36.4 Å². The van der Waals surface area contributed by atoms with Crippen LogP contribution < -0.4 is 0 Å². The number of methoxy groups -OCH3 is 1. The predicted octanol–water partition coefficient (Wildman–Crippen LogP) is 6.49. The molecule has 0 radical (unpaired) electrons. The van der Waals surface area contributed by atoms with Gasteiger partial charge in [0, 0.05) is 24.6 Å². The molecular weight excluding hydrogens is 466 g/mol. The van der Waals surface area contributed by atoms with Crippen molar-refractivity contribution in [1.82, 2.24) is 14.5 Å². The Morgan fingerprint density at radius 2 is 1.84 bits per heavy atom. The standard InChI is InChI=1S/C27H33N3O2.C2H6.CH2O2/c1-19-8-6-7-9-20(19)15-17-30-24-13-12-21-14-16-29(27(31)32-2)18-23(21)25(24)28-26(30)22-10-4-3-5-11-22;1-2;2-1-3/h6-9,12-13,22H,3-5,10-11,14-18H2,1-2H3;1-2H3;1H,(H,2,3). The van der Waals surface area contributed by atoms with Crippen molar-refractivity contribution in [2.45, 2.75) is 84.7 Å². The van der Waals surface area contributed by atoms with E-state index in [0.717, 1.165) is 24.9 Å². The highest BCUT2D eigenvalue weighted by molar-refractivity contribution is 5.82. The van der Waals surface area contributed by atoms with Gasteiger partial charge >= 0.3 is 6.09 Å². The lowest BCUT2D eigenvalue weighted by atomic mass is 9.88. The van der Waals surface area contributed by atoms with Crippen molar-refractivity contribution >= 4 is 23.6 Å². The molecule has 0 atom stereocenters. The summed E-state index contributed by atoms with van der Waals surface area (Å²) in [5.74, 6) is 1.78. The van der Waals surface area contributed by atoms with Crippen molar-refractivity contribution in [3.8, 4) is 0 Å². The SMILES string of the molecule is CC.COC(=O)N1CCc2ccc3c(nc(C4CCCCC4)n3CCc3ccccc3C)c2C1.O=CO. The summed E-state index contributed by atoms with van der Waals surface area (Å²) in [4.78, 5) is 27.7. The highest BCUT2D eigenvalue weighted by Crippen LogP contribution is 2.36. The normalized spacial score (nSPS) is 15.1. The maximum absolute atomic E-state index is 12.2. The second-order valence-corrected chi connectivity index (χ2v) is 9.45. The van der Waals surface area contributed by atoms with Crippen LogP contribution in [0.4, 0.5) is 4.79 Å². The summed E-state index contributed by atoms with van der Waals surface area (Å²) in [5.41, 5.74) is 7.56. The van der Waals surface area contributed by atoms with E-state index in [2.05, 4.69) is 47.9 Å². The maximum Gasteiger partial charge on any atom is 0.409 e. The number of carbonyl (C=O) groups is 2. The monoisotopic (exact) mass is 507 g/mol. The van der Waals surface area contributed by atoms with Crippen molar-refractivity contribution in [2.24, 2.45) is 0 Å². The second-order valence-electron chi connectivity index (χ2n) is 9.45. The number of benzene rings is 2. The average Bonchev–Trinajstić information content (AvgIpc) is 3.33. The van der Waals surface area contributed by atoms with Crippen LogP contribution in [0.1, 0.15) is 79.9 Å². The molecule has 2 heterocycles. The minimum atomic E-state index is -0.251. The number of aromatic nitrogens is 2. The molecule has 1 aromatic heterocycles. The maximum atomic E-state index is 12.2. The van der Waals surface area contributed by atoms with E-state index in [-0.39, 0.29) is 12.6 Å². The number of nitrogens with zero attached hydrogens (tertiary/aromatic N) is 3. The van der Waals surface area contributed by atoms with Gasteiger partial charge < -0.3 is 19.3 Å². The Hall–Kier alpha value is -3.35. The number of amides is 1. The van der Waals surface area contributed by atoms with Crippen molar-refractivity contribution in [2.75, 3.05) is 13.7 Å². The van der Waals surface area contributed by atoms with Gasteiger partial charge in [-0.3, -0.25) is 4.79 Å². The number of fused-ring (bicyclic) bond motifs is 3. The fourth-order valence-corrected chi connectivity index (χ4v) is 5.56. The lowest BCUT2D eigenvalue weighted by Gasteiger charge is -2.27. The van der Waals surface area contributed by atoms with Crippen molar-refractivity contribution in [3.05, 3.63) is 64.5 Å². The third kappa shape index (κ3) is 6.51. The Morgan fingerprint density at radius 3 is 2.51 bits per heavy atom. The van der Waals surface area contributed by atoms with Crippen LogP contribution >= 0.6 is 0 Å². The highest BCUT2D eigenvalue weighted by atomic mass is 16.5. The molecule has 37 heavy (non-hydrogen) atoms. The van der Waals surface area contributed by atoms with Crippen LogP contribution in [0.5, 0.6) is 0 Å². The van der Waals surface area contributed by atoms with Gasteiger partial charge in [0.25, 0.3) is 6.47 Å². The quantitative estimate of drug-likeness (QED) is 0.408. The van der Waals surface area contributed by atoms with Crippen LogP contribution in [0.25, 0.3) is 11.0 Å². The van der Waals surface area contributed by atoms with Crippen LogP contribution in [0.2, 0.25) is 0 Å². The summed E-state index contributed by atoms with van der Waals surface area (Å²) in [5, 5.41) is 6.89. The molecule has 200 valence electrons. The van der Waals surface area contributed by atoms with Crippen molar-refractivity contribution in [3.63, 3.8) is 0 Å². The molecular formula is C30H41N3O4. The van der Waals surface area contributed by atoms with Crippen molar-refractivity contribution in [1.29, 1.82) is 0 Å². The molecule has 0 spiro atoms. The van der Waals surface area contributed by atoms with Gasteiger partial charge in [0.05, 0.1) is 24.7 Å². The predicted molar refractivity (Wildman–Crippen MR) is 147 cm³/mol. The Labute approximate surface area is 220 Å². The third-order valence-electron chi connectivity index (χ3n) is 7.42. The number of hydrogen-bond donors (Lipinski definition) is 1. The average molecular weight is 508 g/mol. The molecule has 1 amide bonds. The lowest BCUT2D eigenvalue weighted by Crippen LogP contribution is -2.35. The molecule has 2 aromatic carbocycles. The van der Waals surface area contributed by atoms with Crippen LogP contribution in [-0.4, -0.2) is 45.8 Å². The van der Waals surface area contributed by atoms with Gasteiger partial charge in [-0.25, -0.2) is 9.78 Å². The highest BCUT2D eigenvalue weighted by Gasteiger charge is 2.27. The molecule has 0 unspecified atom stereocenters. The Bertz CT molecular complexity index is 1180. The van der Waals surface area contributed by atoms with Gasteiger partial charge in [0.2, 0.25) is 0 Å². The van der Waals surface area contributed by atoms with E-state index in [1.54, 1.807) is 4.90 Å². The number of rotatable bonds is 4. The van der Waals surface area contributed by atoms with Gasteiger partial charge in [-0.05, 0) is 55.4 Å². The molecule has 2 aliphatic rings. The number of carbonyl (C=O) groups excluding carboxylic acids is 1. The largest absolute Gasteiger partial charge is 0.483 e. The van der Waals surface area contributed by atoms with Gasteiger partial charge in [-0.2, -0.15) is 0 Å². The molecule has 1 fully saturated rings. The van der Waals surface area contributed by atoms with E-state index in [0.29, 0.717) is 19.0 Å². The van der Waals surface area contributed by atoms with Gasteiger partial charge in [0.15, 0.2) is 0 Å². The number of imidazole rings is 1. The topological polar surface area (TPSA) is 84.7 Å². The van der Waals surface area contributed by atoms with Crippen LogP contribution in [0, 0.1) is 6.92 Å². The second kappa shape index (κ2) is 13.8. The third-order valence-corrected chi connectivity index (χ3v) is 7.42. The minimum absolute atomic E-state index is 0.250. The van der Waals surface area contributed by atoms with E-state index < -0.39 is 0 Å². The summed E-state index contributed by atoms with van der Waals surface area (Å²) in [7, 11) is 1.46. The Balaban J connectivity index is 0.000000711. The number of ether oxygens (including phenoxy) is 1. The van der Waals surface area contributed by atoms with E-state index in [1.807, 2.05) is 13.8 Å². The van der Waals surface area contributed by atoms with Crippen LogP contribution in [0.3, 0.4) is 0 Å². The first-order valence-electron chi connectivity index (χ1n) is 13.5. The van der Waals surface area contributed by atoms with Crippen LogP contribution in [-0.2, 0) is 35.5 Å². The Morgan fingerprint density at radius 1 is 1.14 bits per heavy atom. The van der Waals surface area contributed by atoms with Gasteiger partial charge in [-0.1, -0.05) is 63.4 Å². The summed E-state index contributed by atoms with van der Waals surface area (Å²) in [6.07, 6.45) is 7.98. The summed E-state index contributed by atoms with van der Waals surface area (Å²) in [6.45, 7) is 8.17. The Kier molecular flexibility index (Phi) is 10.5. The first kappa shape index (κ1) is 28.2. The smallest absolute Gasteiger partial charge is 0.409 e. The number of hydrogen-bond acceptors (Lipinski definition) is 4. The lowest BCUT2D eigenvalue weighted by molar-refractivity contribution is -0.122. The molecule has 1 aliphatic carbocycles. The molecule has 1 saturated carbocycles.